The summed E-state index contributed by atoms with van der Waals surface area (Å²) in [5, 5.41) is 1.86. The van der Waals surface area contributed by atoms with Crippen molar-refractivity contribution in [1.29, 1.82) is 0 Å². The summed E-state index contributed by atoms with van der Waals surface area (Å²) in [7, 11) is -7.26. The molecule has 11 heteroatoms. The van der Waals surface area contributed by atoms with Crippen molar-refractivity contribution >= 4 is 21.2 Å². The summed E-state index contributed by atoms with van der Waals surface area (Å²) in [5.41, 5.74) is 19.6. The van der Waals surface area contributed by atoms with Gasteiger partial charge in [0.05, 0.1) is 12.5 Å². The molecule has 0 spiro atoms. The lowest BCUT2D eigenvalue weighted by Gasteiger charge is -2.15. The highest BCUT2D eigenvalue weighted by molar-refractivity contribution is 7.57. The van der Waals surface area contributed by atoms with Crippen molar-refractivity contribution in [2.45, 2.75) is 19.4 Å². The number of carbonyl (C=O) groups is 1. The van der Waals surface area contributed by atoms with Gasteiger partial charge in [0.25, 0.3) is 7.59 Å². The molecule has 1 amide bonds. The molecule has 0 saturated heterocycles. The first-order valence-corrected chi connectivity index (χ1v) is 7.44. The SMILES string of the molecule is CC(CC(=O)NP(N)(N)=O)OP(N)(N)=O. The second-order valence-corrected chi connectivity index (χ2v) is 6.15. The molecule has 15 heavy (non-hydrogen) atoms. The summed E-state index contributed by atoms with van der Waals surface area (Å²) in [4.78, 5) is 11.1. The van der Waals surface area contributed by atoms with Crippen LogP contribution in [0.25, 0.3) is 0 Å². The van der Waals surface area contributed by atoms with E-state index in [1.165, 1.54) is 6.92 Å². The van der Waals surface area contributed by atoms with Gasteiger partial charge in [0.2, 0.25) is 5.91 Å². The fourth-order valence-electron chi connectivity index (χ4n) is 0.820. The molecule has 0 fully saturated rings. The fourth-order valence-corrected chi connectivity index (χ4v) is 1.94. The lowest BCUT2D eigenvalue weighted by atomic mass is 10.3. The Bertz CT molecular complexity index is 321. The lowest BCUT2D eigenvalue weighted by Crippen LogP contribution is -2.31. The first kappa shape index (κ1) is 14.7. The summed E-state index contributed by atoms with van der Waals surface area (Å²) in [6.45, 7) is 1.42. The van der Waals surface area contributed by atoms with E-state index in [1.54, 1.807) is 0 Å². The van der Waals surface area contributed by atoms with Gasteiger partial charge in [-0.25, -0.2) is 11.0 Å². The third kappa shape index (κ3) is 10.0. The number of nitrogens with two attached hydrogens (primary N) is 4. The predicted molar refractivity (Wildman–Crippen MR) is 55.3 cm³/mol. The van der Waals surface area contributed by atoms with Crippen LogP contribution < -0.4 is 27.1 Å². The minimum Gasteiger partial charge on any atom is -0.303 e. The van der Waals surface area contributed by atoms with E-state index in [0.717, 1.165) is 0 Å². The molecule has 0 aliphatic heterocycles. The van der Waals surface area contributed by atoms with Gasteiger partial charge in [-0.3, -0.25) is 30.0 Å². The summed E-state index contributed by atoms with van der Waals surface area (Å²) in [5.74, 6) is -0.704. The van der Waals surface area contributed by atoms with Crippen LogP contribution in [0.3, 0.4) is 0 Å². The number of hydrogen-bond donors (Lipinski definition) is 5. The molecule has 0 radical (unpaired) electrons. The van der Waals surface area contributed by atoms with Crippen LogP contribution in [0.15, 0.2) is 0 Å². The highest BCUT2D eigenvalue weighted by Gasteiger charge is 2.20. The summed E-state index contributed by atoms with van der Waals surface area (Å²) in [6.07, 6.45) is -1.05. The van der Waals surface area contributed by atoms with E-state index >= 15 is 0 Å². The molecule has 90 valence electrons. The first-order chi connectivity index (χ1) is 6.49. The van der Waals surface area contributed by atoms with E-state index in [-0.39, 0.29) is 6.42 Å². The Kier molecular flexibility index (Phi) is 5.08. The number of amides is 1. The van der Waals surface area contributed by atoms with Crippen LogP contribution in [0.2, 0.25) is 0 Å². The van der Waals surface area contributed by atoms with Crippen LogP contribution in [0.1, 0.15) is 13.3 Å². The topological polar surface area (TPSA) is 177 Å². The van der Waals surface area contributed by atoms with Crippen molar-refractivity contribution in [3.05, 3.63) is 0 Å². The Morgan fingerprint density at radius 3 is 2.13 bits per heavy atom. The molecule has 9 nitrogen and oxygen atoms in total. The van der Waals surface area contributed by atoms with Crippen LogP contribution in [0.4, 0.5) is 0 Å². The van der Waals surface area contributed by atoms with E-state index in [4.69, 9.17) is 22.0 Å². The van der Waals surface area contributed by atoms with Gasteiger partial charge >= 0.3 is 7.67 Å². The number of carbonyl (C=O) groups excluding carboxylic acids is 1. The zero-order valence-electron chi connectivity index (χ0n) is 8.12. The quantitative estimate of drug-likeness (QED) is 0.388. The molecule has 0 aromatic rings. The van der Waals surface area contributed by atoms with Crippen LogP contribution in [0, 0.1) is 0 Å². The molecule has 0 saturated carbocycles. The number of rotatable bonds is 5. The van der Waals surface area contributed by atoms with Gasteiger partial charge in [0.1, 0.15) is 0 Å². The van der Waals surface area contributed by atoms with Gasteiger partial charge in [0, 0.05) is 0 Å². The largest absolute Gasteiger partial charge is 0.335 e. The maximum absolute atomic E-state index is 11.1. The highest BCUT2D eigenvalue weighted by Crippen LogP contribution is 2.29. The number of nitrogens with one attached hydrogen (secondary N) is 1. The van der Waals surface area contributed by atoms with Crippen molar-refractivity contribution in [2.75, 3.05) is 0 Å². The molecule has 0 rings (SSSR count). The van der Waals surface area contributed by atoms with Gasteiger partial charge in [-0.15, -0.1) is 0 Å². The normalized spacial score (nSPS) is 14.7. The van der Waals surface area contributed by atoms with E-state index in [9.17, 15) is 13.9 Å². The molecule has 9 N–H and O–H groups in total. The summed E-state index contributed by atoms with van der Waals surface area (Å²) >= 11 is 0. The van der Waals surface area contributed by atoms with Gasteiger partial charge in [-0.2, -0.15) is 0 Å². The Morgan fingerprint density at radius 1 is 1.33 bits per heavy atom. The van der Waals surface area contributed by atoms with Gasteiger partial charge in [-0.1, -0.05) is 0 Å². The molecule has 0 heterocycles. The molecular weight excluding hydrogens is 244 g/mol. The van der Waals surface area contributed by atoms with Crippen molar-refractivity contribution < 1.29 is 18.4 Å². The highest BCUT2D eigenvalue weighted by atomic mass is 31.2. The first-order valence-electron chi connectivity index (χ1n) is 3.83. The fraction of sp³-hybridized carbons (Fsp3) is 0.750. The Hall–Kier alpha value is -0.270. The maximum Gasteiger partial charge on any atom is 0.335 e. The average molecular weight is 259 g/mol. The smallest absolute Gasteiger partial charge is 0.303 e. The molecule has 1 atom stereocenters. The minimum atomic E-state index is -3.64. The van der Waals surface area contributed by atoms with Crippen LogP contribution in [0.5, 0.6) is 0 Å². The second kappa shape index (κ2) is 5.18. The molecule has 1 unspecified atom stereocenters. The average Bonchev–Trinajstić information content (AvgIpc) is 1.73. The number of hydrogen-bond acceptors (Lipinski definition) is 4. The van der Waals surface area contributed by atoms with Crippen LogP contribution in [-0.4, -0.2) is 12.0 Å². The van der Waals surface area contributed by atoms with Crippen molar-refractivity contribution in [3.63, 3.8) is 0 Å². The third-order valence-corrected chi connectivity index (χ3v) is 2.41. The molecule has 0 aromatic carbocycles. The molecule has 0 aromatic heterocycles. The van der Waals surface area contributed by atoms with E-state index in [1.807, 2.05) is 5.09 Å². The van der Waals surface area contributed by atoms with E-state index < -0.39 is 27.3 Å². The lowest BCUT2D eigenvalue weighted by molar-refractivity contribution is -0.120. The van der Waals surface area contributed by atoms with E-state index in [0.29, 0.717) is 0 Å². The maximum atomic E-state index is 11.1. The Labute approximate surface area is 87.0 Å². The van der Waals surface area contributed by atoms with Crippen LogP contribution >= 0.6 is 15.3 Å². The molecule has 0 aliphatic rings. The predicted octanol–water partition coefficient (Wildman–Crippen LogP) is -1.05. The van der Waals surface area contributed by atoms with Crippen molar-refractivity contribution in [2.24, 2.45) is 22.0 Å². The zero-order chi connectivity index (χ0) is 12.3. The van der Waals surface area contributed by atoms with E-state index in [2.05, 4.69) is 4.52 Å². The van der Waals surface area contributed by atoms with Crippen molar-refractivity contribution in [3.8, 4) is 0 Å². The summed E-state index contributed by atoms with van der Waals surface area (Å²) < 4.78 is 26.2. The minimum absolute atomic E-state index is 0.253. The molecular formula is C4H15N5O4P2. The Morgan fingerprint density at radius 2 is 1.80 bits per heavy atom. The van der Waals surface area contributed by atoms with Gasteiger partial charge in [0.15, 0.2) is 0 Å². The molecule has 0 aliphatic carbocycles. The van der Waals surface area contributed by atoms with Gasteiger partial charge < -0.3 is 4.52 Å². The summed E-state index contributed by atoms with van der Waals surface area (Å²) in [6, 6.07) is 0. The van der Waals surface area contributed by atoms with Crippen LogP contribution in [-0.2, 0) is 18.4 Å². The monoisotopic (exact) mass is 259 g/mol. The van der Waals surface area contributed by atoms with Crippen molar-refractivity contribution in [1.82, 2.24) is 5.09 Å². The van der Waals surface area contributed by atoms with Gasteiger partial charge in [-0.05, 0) is 6.92 Å². The third-order valence-electron chi connectivity index (χ3n) is 1.12. The second-order valence-electron chi connectivity index (χ2n) is 3.01. The Balaban J connectivity index is 4.09. The standard InChI is InChI=1S/C4H15N5O4P2/c1-3(13-15(7,8)12)2-4(10)9-14(5,6)11/h3H,2H2,1H3,(H4,7,8,12)(H5,5,6,9,10,11). The zero-order valence-corrected chi connectivity index (χ0v) is 9.91. The molecule has 0 bridgehead atoms.